The molecule has 0 heterocycles. The normalized spacial score (nSPS) is 9.82. The van der Waals surface area contributed by atoms with Crippen LogP contribution in [0.25, 0.3) is 0 Å². The first-order chi connectivity index (χ1) is 10.7. The number of amides is 1. The molecule has 0 aliphatic heterocycles. The van der Waals surface area contributed by atoms with Gasteiger partial charge in [-0.15, -0.1) is 0 Å². The monoisotopic (exact) mass is 298 g/mol. The van der Waals surface area contributed by atoms with Gasteiger partial charge in [-0.25, -0.2) is 4.39 Å². The highest BCUT2D eigenvalue weighted by Gasteiger charge is 2.05. The standard InChI is InChI=1S/C17H15FN2O2/c18-15-3-1-2-4-16(15)22-10-9-17(21)20-12-14-7-5-13(11-19)6-8-14/h1-8H,9-10,12H2,(H,20,21). The van der Waals surface area contributed by atoms with Crippen LogP contribution in [0.5, 0.6) is 5.75 Å². The van der Waals surface area contributed by atoms with Crippen LogP contribution in [0.15, 0.2) is 48.5 Å². The van der Waals surface area contributed by atoms with Gasteiger partial charge >= 0.3 is 0 Å². The summed E-state index contributed by atoms with van der Waals surface area (Å²) >= 11 is 0. The Labute approximate surface area is 128 Å². The molecule has 0 bridgehead atoms. The van der Waals surface area contributed by atoms with E-state index in [1.54, 1.807) is 36.4 Å². The highest BCUT2D eigenvalue weighted by molar-refractivity contribution is 5.76. The van der Waals surface area contributed by atoms with Gasteiger partial charge in [0.05, 0.1) is 24.7 Å². The number of nitriles is 1. The minimum absolute atomic E-state index is 0.111. The zero-order valence-electron chi connectivity index (χ0n) is 11.9. The van der Waals surface area contributed by atoms with Crippen LogP contribution in [-0.4, -0.2) is 12.5 Å². The van der Waals surface area contributed by atoms with Crippen LogP contribution < -0.4 is 10.1 Å². The number of benzene rings is 2. The Morgan fingerprint density at radius 1 is 1.18 bits per heavy atom. The van der Waals surface area contributed by atoms with Gasteiger partial charge in [0.2, 0.25) is 5.91 Å². The summed E-state index contributed by atoms with van der Waals surface area (Å²) in [6.07, 6.45) is 0.143. The van der Waals surface area contributed by atoms with Gasteiger partial charge in [0.25, 0.3) is 0 Å². The molecule has 2 rings (SSSR count). The van der Waals surface area contributed by atoms with E-state index in [2.05, 4.69) is 5.32 Å². The molecule has 0 saturated carbocycles. The van der Waals surface area contributed by atoms with Crippen LogP contribution in [0.4, 0.5) is 4.39 Å². The number of carbonyl (C=O) groups is 1. The molecule has 0 spiro atoms. The van der Waals surface area contributed by atoms with Crippen molar-refractivity contribution in [1.82, 2.24) is 5.32 Å². The predicted octanol–water partition coefficient (Wildman–Crippen LogP) is 2.78. The maximum Gasteiger partial charge on any atom is 0.223 e. The molecule has 0 radical (unpaired) electrons. The molecular weight excluding hydrogens is 283 g/mol. The Kier molecular flexibility index (Phi) is 5.50. The van der Waals surface area contributed by atoms with E-state index in [1.165, 1.54) is 12.1 Å². The van der Waals surface area contributed by atoms with Crippen molar-refractivity contribution in [3.05, 3.63) is 65.5 Å². The lowest BCUT2D eigenvalue weighted by Gasteiger charge is -2.08. The fourth-order valence-corrected chi connectivity index (χ4v) is 1.80. The molecule has 0 aliphatic rings. The van der Waals surface area contributed by atoms with Crippen LogP contribution in [0, 0.1) is 17.1 Å². The zero-order valence-corrected chi connectivity index (χ0v) is 11.9. The molecule has 1 N–H and O–H groups in total. The lowest BCUT2D eigenvalue weighted by atomic mass is 10.1. The Morgan fingerprint density at radius 3 is 2.59 bits per heavy atom. The van der Waals surface area contributed by atoms with E-state index in [0.29, 0.717) is 12.1 Å². The van der Waals surface area contributed by atoms with Gasteiger partial charge in [-0.2, -0.15) is 5.26 Å². The molecule has 2 aromatic rings. The number of halogens is 1. The van der Waals surface area contributed by atoms with Crippen molar-refractivity contribution >= 4 is 5.91 Å². The maximum absolute atomic E-state index is 13.3. The van der Waals surface area contributed by atoms with E-state index in [0.717, 1.165) is 5.56 Å². The van der Waals surface area contributed by atoms with E-state index in [9.17, 15) is 9.18 Å². The van der Waals surface area contributed by atoms with Gasteiger partial charge in [0.1, 0.15) is 0 Å². The van der Waals surface area contributed by atoms with Crippen LogP contribution >= 0.6 is 0 Å². The number of nitrogens with zero attached hydrogens (tertiary/aromatic N) is 1. The lowest BCUT2D eigenvalue weighted by molar-refractivity contribution is -0.121. The summed E-state index contributed by atoms with van der Waals surface area (Å²) in [7, 11) is 0. The summed E-state index contributed by atoms with van der Waals surface area (Å²) in [5.74, 6) is -0.483. The number of rotatable bonds is 6. The van der Waals surface area contributed by atoms with Crippen LogP contribution in [0.2, 0.25) is 0 Å². The van der Waals surface area contributed by atoms with E-state index in [1.807, 2.05) is 6.07 Å². The summed E-state index contributed by atoms with van der Waals surface area (Å²) in [6.45, 7) is 0.490. The Balaban J connectivity index is 1.72. The molecule has 0 atom stereocenters. The van der Waals surface area contributed by atoms with E-state index in [4.69, 9.17) is 10.00 Å². The van der Waals surface area contributed by atoms with Crippen molar-refractivity contribution in [3.63, 3.8) is 0 Å². The second kappa shape index (κ2) is 7.79. The average molecular weight is 298 g/mol. The van der Waals surface area contributed by atoms with Gasteiger partial charge in [0, 0.05) is 6.54 Å². The van der Waals surface area contributed by atoms with Crippen LogP contribution in [0.1, 0.15) is 17.5 Å². The Bertz CT molecular complexity index is 678. The first-order valence-electron chi connectivity index (χ1n) is 6.82. The number of para-hydroxylation sites is 1. The first-order valence-corrected chi connectivity index (χ1v) is 6.82. The molecule has 22 heavy (non-hydrogen) atoms. The molecule has 112 valence electrons. The molecule has 0 aromatic heterocycles. The van der Waals surface area contributed by atoms with Crippen LogP contribution in [-0.2, 0) is 11.3 Å². The predicted molar refractivity (Wildman–Crippen MR) is 79.5 cm³/mol. The van der Waals surface area contributed by atoms with E-state index in [-0.39, 0.29) is 24.7 Å². The second-order valence-corrected chi connectivity index (χ2v) is 4.61. The highest BCUT2D eigenvalue weighted by atomic mass is 19.1. The molecule has 0 unspecified atom stereocenters. The highest BCUT2D eigenvalue weighted by Crippen LogP contribution is 2.15. The Morgan fingerprint density at radius 2 is 1.91 bits per heavy atom. The van der Waals surface area contributed by atoms with Crippen molar-refractivity contribution in [1.29, 1.82) is 5.26 Å². The third-order valence-corrected chi connectivity index (χ3v) is 3.00. The fraction of sp³-hybridized carbons (Fsp3) is 0.176. The van der Waals surface area contributed by atoms with Gasteiger partial charge in [-0.3, -0.25) is 4.79 Å². The lowest BCUT2D eigenvalue weighted by Crippen LogP contribution is -2.24. The van der Waals surface area contributed by atoms with Crippen LogP contribution in [0.3, 0.4) is 0 Å². The molecule has 4 nitrogen and oxygen atoms in total. The number of carbonyl (C=O) groups excluding carboxylic acids is 1. The molecule has 0 fully saturated rings. The topological polar surface area (TPSA) is 62.1 Å². The molecule has 5 heteroatoms. The number of hydrogen-bond acceptors (Lipinski definition) is 3. The molecule has 2 aromatic carbocycles. The molecule has 0 saturated heterocycles. The molecule has 1 amide bonds. The number of hydrogen-bond donors (Lipinski definition) is 1. The largest absolute Gasteiger partial charge is 0.490 e. The SMILES string of the molecule is N#Cc1ccc(CNC(=O)CCOc2ccccc2F)cc1. The summed E-state index contributed by atoms with van der Waals surface area (Å²) in [5.41, 5.74) is 1.48. The maximum atomic E-state index is 13.3. The molecule has 0 aliphatic carbocycles. The van der Waals surface area contributed by atoms with Gasteiger partial charge < -0.3 is 10.1 Å². The van der Waals surface area contributed by atoms with Gasteiger partial charge in [0.15, 0.2) is 11.6 Å². The number of ether oxygens (including phenoxy) is 1. The third kappa shape index (κ3) is 4.60. The third-order valence-electron chi connectivity index (χ3n) is 3.00. The minimum Gasteiger partial charge on any atom is -0.490 e. The van der Waals surface area contributed by atoms with Gasteiger partial charge in [-0.05, 0) is 29.8 Å². The summed E-state index contributed by atoms with van der Waals surface area (Å²) < 4.78 is 18.5. The number of nitrogens with one attached hydrogen (secondary N) is 1. The van der Waals surface area contributed by atoms with Crippen molar-refractivity contribution in [2.45, 2.75) is 13.0 Å². The smallest absolute Gasteiger partial charge is 0.223 e. The minimum atomic E-state index is -0.444. The second-order valence-electron chi connectivity index (χ2n) is 4.61. The fourth-order valence-electron chi connectivity index (χ4n) is 1.80. The average Bonchev–Trinajstić information content (AvgIpc) is 2.55. The van der Waals surface area contributed by atoms with Crippen molar-refractivity contribution in [2.75, 3.05) is 6.61 Å². The summed E-state index contributed by atoms with van der Waals surface area (Å²) in [4.78, 5) is 11.7. The van der Waals surface area contributed by atoms with E-state index >= 15 is 0 Å². The summed E-state index contributed by atoms with van der Waals surface area (Å²) in [6, 6.07) is 15.1. The quantitative estimate of drug-likeness (QED) is 0.892. The van der Waals surface area contributed by atoms with E-state index < -0.39 is 5.82 Å². The van der Waals surface area contributed by atoms with Crippen molar-refractivity contribution in [2.24, 2.45) is 0 Å². The summed E-state index contributed by atoms with van der Waals surface area (Å²) in [5, 5.41) is 11.4. The molecular formula is C17H15FN2O2. The van der Waals surface area contributed by atoms with Crippen molar-refractivity contribution in [3.8, 4) is 11.8 Å². The first kappa shape index (κ1) is 15.5. The Hall–Kier alpha value is -2.87. The van der Waals surface area contributed by atoms with Crippen molar-refractivity contribution < 1.29 is 13.9 Å². The zero-order chi connectivity index (χ0) is 15.8. The van der Waals surface area contributed by atoms with Gasteiger partial charge in [-0.1, -0.05) is 24.3 Å².